The summed E-state index contributed by atoms with van der Waals surface area (Å²) in [4.78, 5) is 0. The van der Waals surface area contributed by atoms with Crippen LogP contribution in [0.4, 0.5) is 0 Å². The Balaban J connectivity index is 2.98. The third kappa shape index (κ3) is 3.30. The van der Waals surface area contributed by atoms with Crippen LogP contribution in [0.3, 0.4) is 0 Å². The summed E-state index contributed by atoms with van der Waals surface area (Å²) in [7, 11) is -1.54. The first-order chi connectivity index (χ1) is 6.44. The van der Waals surface area contributed by atoms with E-state index < -0.39 is 8.32 Å². The van der Waals surface area contributed by atoms with Gasteiger partial charge in [-0.2, -0.15) is 0 Å². The van der Waals surface area contributed by atoms with E-state index >= 15 is 0 Å². The topological polar surface area (TPSA) is 9.23 Å². The highest BCUT2D eigenvalue weighted by atomic mass is 79.9. The minimum atomic E-state index is -1.54. The van der Waals surface area contributed by atoms with Gasteiger partial charge < -0.3 is 4.43 Å². The molecular formula is C10H14BrClOSi. The van der Waals surface area contributed by atoms with Crippen molar-refractivity contribution in [2.24, 2.45) is 0 Å². The molecule has 1 nitrogen and oxygen atoms in total. The number of hydrogen-bond acceptors (Lipinski definition) is 1. The van der Waals surface area contributed by atoms with Gasteiger partial charge in [0.2, 0.25) is 8.32 Å². The van der Waals surface area contributed by atoms with Crippen LogP contribution in [0, 0.1) is 0 Å². The quantitative estimate of drug-likeness (QED) is 0.593. The van der Waals surface area contributed by atoms with E-state index in [2.05, 4.69) is 35.6 Å². The van der Waals surface area contributed by atoms with Crippen LogP contribution in [0.1, 0.15) is 5.56 Å². The second-order valence-electron chi connectivity index (χ2n) is 4.08. The Labute approximate surface area is 99.7 Å². The van der Waals surface area contributed by atoms with Crippen LogP contribution < -0.4 is 4.43 Å². The molecule has 1 aromatic rings. The summed E-state index contributed by atoms with van der Waals surface area (Å²) in [6.45, 7) is 6.48. The number of alkyl halides is 1. The van der Waals surface area contributed by atoms with Crippen LogP contribution in [-0.2, 0) is 5.88 Å². The Hall–Kier alpha value is 0.00688. The molecule has 0 radical (unpaired) electrons. The third-order valence-electron chi connectivity index (χ3n) is 1.60. The highest BCUT2D eigenvalue weighted by molar-refractivity contribution is 9.10. The predicted molar refractivity (Wildman–Crippen MR) is 67.7 cm³/mol. The lowest BCUT2D eigenvalue weighted by Crippen LogP contribution is -2.29. The monoisotopic (exact) mass is 292 g/mol. The normalized spacial score (nSPS) is 11.5. The van der Waals surface area contributed by atoms with Gasteiger partial charge in [-0.25, -0.2) is 0 Å². The summed E-state index contributed by atoms with van der Waals surface area (Å²) in [6, 6.07) is 5.94. The molecular weight excluding hydrogens is 280 g/mol. The molecule has 0 N–H and O–H groups in total. The number of halogens is 2. The van der Waals surface area contributed by atoms with E-state index in [1.54, 1.807) is 0 Å². The minimum Gasteiger partial charge on any atom is -0.544 e. The Morgan fingerprint density at radius 3 is 2.50 bits per heavy atom. The smallest absolute Gasteiger partial charge is 0.242 e. The minimum absolute atomic E-state index is 0.503. The zero-order valence-corrected chi connectivity index (χ0v) is 11.9. The Bertz CT molecular complexity index is 322. The number of hydrogen-bond donors (Lipinski definition) is 0. The fourth-order valence-corrected chi connectivity index (χ4v) is 2.92. The molecule has 0 aliphatic heterocycles. The average molecular weight is 294 g/mol. The van der Waals surface area contributed by atoms with Crippen molar-refractivity contribution in [2.75, 3.05) is 0 Å². The molecule has 0 saturated heterocycles. The molecule has 0 unspecified atom stereocenters. The van der Waals surface area contributed by atoms with Gasteiger partial charge in [0.15, 0.2) is 0 Å². The highest BCUT2D eigenvalue weighted by Crippen LogP contribution is 2.31. The molecule has 0 aliphatic rings. The van der Waals surface area contributed by atoms with Crippen LogP contribution in [0.5, 0.6) is 5.75 Å². The van der Waals surface area contributed by atoms with Crippen molar-refractivity contribution in [2.45, 2.75) is 25.5 Å². The van der Waals surface area contributed by atoms with Gasteiger partial charge in [0, 0.05) is 5.88 Å². The molecule has 0 aliphatic carbocycles. The van der Waals surface area contributed by atoms with Crippen LogP contribution in [0.15, 0.2) is 22.7 Å². The first kappa shape index (κ1) is 12.1. The van der Waals surface area contributed by atoms with Gasteiger partial charge in [-0.3, -0.25) is 0 Å². The van der Waals surface area contributed by atoms with E-state index in [1.165, 1.54) is 0 Å². The molecule has 78 valence electrons. The Morgan fingerprint density at radius 1 is 1.36 bits per heavy atom. The van der Waals surface area contributed by atoms with E-state index in [-0.39, 0.29) is 0 Å². The van der Waals surface area contributed by atoms with E-state index in [9.17, 15) is 0 Å². The molecule has 0 heterocycles. The fourth-order valence-electron chi connectivity index (χ4n) is 1.07. The molecule has 0 saturated carbocycles. The molecule has 0 amide bonds. The summed E-state index contributed by atoms with van der Waals surface area (Å²) >= 11 is 9.31. The van der Waals surface area contributed by atoms with Crippen molar-refractivity contribution in [3.8, 4) is 5.75 Å². The van der Waals surface area contributed by atoms with Crippen LogP contribution in [0.2, 0.25) is 19.6 Å². The van der Waals surface area contributed by atoms with E-state index in [0.29, 0.717) is 5.88 Å². The van der Waals surface area contributed by atoms with E-state index in [0.717, 1.165) is 15.8 Å². The zero-order valence-electron chi connectivity index (χ0n) is 8.60. The first-order valence-corrected chi connectivity index (χ1v) is 9.20. The molecule has 1 rings (SSSR count). The highest BCUT2D eigenvalue weighted by Gasteiger charge is 2.18. The van der Waals surface area contributed by atoms with Crippen molar-refractivity contribution in [1.82, 2.24) is 0 Å². The van der Waals surface area contributed by atoms with Gasteiger partial charge in [-0.05, 0) is 47.2 Å². The molecule has 14 heavy (non-hydrogen) atoms. The summed E-state index contributed by atoms with van der Waals surface area (Å²) in [5, 5.41) is 0. The van der Waals surface area contributed by atoms with Crippen molar-refractivity contribution in [1.29, 1.82) is 0 Å². The van der Waals surface area contributed by atoms with E-state index in [4.69, 9.17) is 16.0 Å². The average Bonchev–Trinajstić information content (AvgIpc) is 2.06. The van der Waals surface area contributed by atoms with Crippen molar-refractivity contribution < 1.29 is 4.43 Å². The molecule has 0 aromatic heterocycles. The largest absolute Gasteiger partial charge is 0.544 e. The maximum atomic E-state index is 5.91. The summed E-state index contributed by atoms with van der Waals surface area (Å²) in [6.07, 6.45) is 0. The third-order valence-corrected chi connectivity index (χ3v) is 3.62. The van der Waals surface area contributed by atoms with Crippen molar-refractivity contribution in [3.05, 3.63) is 28.2 Å². The van der Waals surface area contributed by atoms with Crippen molar-refractivity contribution in [3.63, 3.8) is 0 Å². The van der Waals surface area contributed by atoms with Crippen LogP contribution in [0.25, 0.3) is 0 Å². The second-order valence-corrected chi connectivity index (χ2v) is 9.57. The van der Waals surface area contributed by atoms with Gasteiger partial charge in [-0.15, -0.1) is 11.6 Å². The standard InChI is InChI=1S/C10H14BrClOSi/c1-14(2,3)13-9-6-4-5-8(7-12)10(9)11/h4-6H,7H2,1-3H3. The fraction of sp³-hybridized carbons (Fsp3) is 0.400. The maximum absolute atomic E-state index is 5.91. The lowest BCUT2D eigenvalue weighted by molar-refractivity contribution is 0.553. The summed E-state index contributed by atoms with van der Waals surface area (Å²) < 4.78 is 6.89. The Kier molecular flexibility index (Phi) is 4.04. The lowest BCUT2D eigenvalue weighted by Gasteiger charge is -2.20. The zero-order chi connectivity index (χ0) is 10.8. The van der Waals surface area contributed by atoms with Gasteiger partial charge in [-0.1, -0.05) is 12.1 Å². The molecule has 0 fully saturated rings. The molecule has 0 atom stereocenters. The van der Waals surface area contributed by atoms with Crippen LogP contribution >= 0.6 is 27.5 Å². The molecule has 0 spiro atoms. The van der Waals surface area contributed by atoms with Gasteiger partial charge in [0.25, 0.3) is 0 Å². The first-order valence-electron chi connectivity index (χ1n) is 4.46. The summed E-state index contributed by atoms with van der Waals surface area (Å²) in [5.41, 5.74) is 1.07. The molecule has 0 bridgehead atoms. The predicted octanol–water partition coefficient (Wildman–Crippen LogP) is 4.40. The molecule has 1 aromatic carbocycles. The van der Waals surface area contributed by atoms with Gasteiger partial charge >= 0.3 is 0 Å². The maximum Gasteiger partial charge on any atom is 0.242 e. The SMILES string of the molecule is C[Si](C)(C)Oc1cccc(CCl)c1Br. The van der Waals surface area contributed by atoms with Crippen molar-refractivity contribution >= 4 is 35.8 Å². The van der Waals surface area contributed by atoms with Gasteiger partial charge in [0.05, 0.1) is 4.47 Å². The summed E-state index contributed by atoms with van der Waals surface area (Å²) in [5.74, 6) is 1.41. The van der Waals surface area contributed by atoms with Crippen LogP contribution in [-0.4, -0.2) is 8.32 Å². The molecule has 4 heteroatoms. The second kappa shape index (κ2) is 4.68. The van der Waals surface area contributed by atoms with Gasteiger partial charge in [0.1, 0.15) is 5.75 Å². The lowest BCUT2D eigenvalue weighted by atomic mass is 10.2. The number of rotatable bonds is 3. The number of benzene rings is 1. The van der Waals surface area contributed by atoms with E-state index in [1.807, 2.05) is 18.2 Å². The Morgan fingerprint density at radius 2 is 2.00 bits per heavy atom.